The number of thiazole rings is 1. The molecule has 0 spiro atoms. The Morgan fingerprint density at radius 2 is 1.95 bits per heavy atom. The van der Waals surface area contributed by atoms with Crippen LogP contribution in [-0.2, 0) is 6.54 Å². The molecule has 0 aliphatic carbocycles. The SMILES string of the molecule is CNCc1sc(N2CCN(CC(C)C)CC2)nc1C. The van der Waals surface area contributed by atoms with Crippen molar-refractivity contribution in [1.82, 2.24) is 15.2 Å². The Kier molecular flexibility index (Phi) is 5.19. The van der Waals surface area contributed by atoms with Crippen molar-refractivity contribution in [2.45, 2.75) is 27.3 Å². The average Bonchev–Trinajstić information content (AvgIpc) is 2.72. The normalized spacial score (nSPS) is 17.4. The highest BCUT2D eigenvalue weighted by Gasteiger charge is 2.20. The van der Waals surface area contributed by atoms with Gasteiger partial charge in [-0.2, -0.15) is 0 Å². The molecule has 0 radical (unpaired) electrons. The maximum atomic E-state index is 4.72. The zero-order valence-electron chi connectivity index (χ0n) is 12.6. The highest BCUT2D eigenvalue weighted by molar-refractivity contribution is 7.15. The molecule has 1 aromatic rings. The predicted molar refractivity (Wildman–Crippen MR) is 83.1 cm³/mol. The summed E-state index contributed by atoms with van der Waals surface area (Å²) in [7, 11) is 1.99. The third-order valence-corrected chi connectivity index (χ3v) is 4.70. The minimum absolute atomic E-state index is 0.760. The third-order valence-electron chi connectivity index (χ3n) is 3.48. The van der Waals surface area contributed by atoms with E-state index in [0.29, 0.717) is 0 Å². The van der Waals surface area contributed by atoms with Gasteiger partial charge in [0.25, 0.3) is 0 Å². The summed E-state index contributed by atoms with van der Waals surface area (Å²) in [5, 5.41) is 4.41. The second-order valence-electron chi connectivity index (χ2n) is 5.72. The van der Waals surface area contributed by atoms with Crippen LogP contribution in [0.4, 0.5) is 5.13 Å². The van der Waals surface area contributed by atoms with Gasteiger partial charge in [-0.1, -0.05) is 13.8 Å². The molecule has 2 heterocycles. The monoisotopic (exact) mass is 282 g/mol. The van der Waals surface area contributed by atoms with Crippen LogP contribution in [0, 0.1) is 12.8 Å². The van der Waals surface area contributed by atoms with Crippen molar-refractivity contribution in [3.63, 3.8) is 0 Å². The van der Waals surface area contributed by atoms with Gasteiger partial charge in [0.2, 0.25) is 0 Å². The molecule has 1 N–H and O–H groups in total. The molecule has 0 bridgehead atoms. The molecule has 5 heteroatoms. The topological polar surface area (TPSA) is 31.4 Å². The molecule has 1 fully saturated rings. The van der Waals surface area contributed by atoms with Crippen LogP contribution in [0.5, 0.6) is 0 Å². The Bertz CT molecular complexity index is 394. The average molecular weight is 282 g/mol. The number of aromatic nitrogens is 1. The fraction of sp³-hybridized carbons (Fsp3) is 0.786. The Morgan fingerprint density at radius 3 is 2.53 bits per heavy atom. The number of rotatable bonds is 5. The van der Waals surface area contributed by atoms with E-state index >= 15 is 0 Å². The third kappa shape index (κ3) is 3.91. The van der Waals surface area contributed by atoms with Gasteiger partial charge in [-0.25, -0.2) is 4.98 Å². The van der Waals surface area contributed by atoms with E-state index in [1.165, 1.54) is 22.2 Å². The van der Waals surface area contributed by atoms with E-state index in [0.717, 1.165) is 38.6 Å². The minimum Gasteiger partial charge on any atom is -0.346 e. The molecule has 2 rings (SSSR count). The van der Waals surface area contributed by atoms with Crippen molar-refractivity contribution in [3.05, 3.63) is 10.6 Å². The number of nitrogens with zero attached hydrogens (tertiary/aromatic N) is 3. The molecule has 19 heavy (non-hydrogen) atoms. The first-order valence-electron chi connectivity index (χ1n) is 7.18. The van der Waals surface area contributed by atoms with E-state index in [2.05, 4.69) is 35.9 Å². The van der Waals surface area contributed by atoms with Crippen LogP contribution in [0.2, 0.25) is 0 Å². The molecule has 108 valence electrons. The van der Waals surface area contributed by atoms with Crippen LogP contribution < -0.4 is 10.2 Å². The summed E-state index contributed by atoms with van der Waals surface area (Å²) in [5.74, 6) is 0.760. The highest BCUT2D eigenvalue weighted by Crippen LogP contribution is 2.26. The first-order valence-corrected chi connectivity index (χ1v) is 8.00. The molecule has 1 saturated heterocycles. The van der Waals surface area contributed by atoms with Crippen molar-refractivity contribution in [3.8, 4) is 0 Å². The minimum atomic E-state index is 0.760. The van der Waals surface area contributed by atoms with Crippen LogP contribution in [0.15, 0.2) is 0 Å². The number of anilines is 1. The lowest BCUT2D eigenvalue weighted by atomic mass is 10.2. The van der Waals surface area contributed by atoms with Gasteiger partial charge in [-0.05, 0) is 19.9 Å². The Morgan fingerprint density at radius 1 is 1.26 bits per heavy atom. The molecular formula is C14H26N4S. The Balaban J connectivity index is 1.92. The summed E-state index contributed by atoms with van der Waals surface area (Å²) in [6.45, 7) is 13.4. The lowest BCUT2D eigenvalue weighted by molar-refractivity contribution is 0.231. The fourth-order valence-electron chi connectivity index (χ4n) is 2.51. The van der Waals surface area contributed by atoms with Crippen molar-refractivity contribution in [1.29, 1.82) is 0 Å². The van der Waals surface area contributed by atoms with Gasteiger partial charge < -0.3 is 10.2 Å². The van der Waals surface area contributed by atoms with Crippen LogP contribution >= 0.6 is 11.3 Å². The van der Waals surface area contributed by atoms with Gasteiger partial charge >= 0.3 is 0 Å². The number of hydrogen-bond donors (Lipinski definition) is 1. The van der Waals surface area contributed by atoms with Gasteiger partial charge in [0.1, 0.15) is 0 Å². The highest BCUT2D eigenvalue weighted by atomic mass is 32.1. The number of aryl methyl sites for hydroxylation is 1. The Labute approximate surface area is 120 Å². The number of piperazine rings is 1. The Hall–Kier alpha value is -0.650. The molecule has 0 amide bonds. The van der Waals surface area contributed by atoms with Gasteiger partial charge in [-0.15, -0.1) is 11.3 Å². The molecular weight excluding hydrogens is 256 g/mol. The van der Waals surface area contributed by atoms with Crippen molar-refractivity contribution < 1.29 is 0 Å². The largest absolute Gasteiger partial charge is 0.346 e. The van der Waals surface area contributed by atoms with Crippen LogP contribution in [0.1, 0.15) is 24.4 Å². The summed E-state index contributed by atoms with van der Waals surface area (Å²) < 4.78 is 0. The maximum absolute atomic E-state index is 4.72. The molecule has 4 nitrogen and oxygen atoms in total. The molecule has 0 aromatic carbocycles. The van der Waals surface area contributed by atoms with Crippen LogP contribution in [0.25, 0.3) is 0 Å². The summed E-state index contributed by atoms with van der Waals surface area (Å²) >= 11 is 1.84. The van der Waals surface area contributed by atoms with E-state index in [9.17, 15) is 0 Å². The number of hydrogen-bond acceptors (Lipinski definition) is 5. The van der Waals surface area contributed by atoms with E-state index in [4.69, 9.17) is 4.98 Å². The van der Waals surface area contributed by atoms with Crippen LogP contribution in [0.3, 0.4) is 0 Å². The van der Waals surface area contributed by atoms with Crippen molar-refractivity contribution in [2.24, 2.45) is 5.92 Å². The fourth-order valence-corrected chi connectivity index (χ4v) is 3.64. The molecule has 1 aliphatic rings. The van der Waals surface area contributed by atoms with E-state index < -0.39 is 0 Å². The van der Waals surface area contributed by atoms with E-state index in [-0.39, 0.29) is 0 Å². The van der Waals surface area contributed by atoms with Gasteiger partial charge in [0, 0.05) is 44.1 Å². The summed E-state index contributed by atoms with van der Waals surface area (Å²) in [4.78, 5) is 11.1. The zero-order chi connectivity index (χ0) is 13.8. The lowest BCUT2D eigenvalue weighted by Crippen LogP contribution is -2.47. The second kappa shape index (κ2) is 6.68. The first-order chi connectivity index (χ1) is 9.10. The van der Waals surface area contributed by atoms with Gasteiger partial charge in [0.05, 0.1) is 5.69 Å². The molecule has 1 aliphatic heterocycles. The smallest absolute Gasteiger partial charge is 0.185 e. The van der Waals surface area contributed by atoms with Crippen molar-refractivity contribution in [2.75, 3.05) is 44.7 Å². The maximum Gasteiger partial charge on any atom is 0.185 e. The lowest BCUT2D eigenvalue weighted by Gasteiger charge is -2.35. The van der Waals surface area contributed by atoms with Gasteiger partial charge in [-0.3, -0.25) is 4.90 Å². The summed E-state index contributed by atoms with van der Waals surface area (Å²) in [6, 6.07) is 0. The first kappa shape index (κ1) is 14.8. The predicted octanol–water partition coefficient (Wildman–Crippen LogP) is 1.95. The number of nitrogens with one attached hydrogen (secondary N) is 1. The van der Waals surface area contributed by atoms with Crippen molar-refractivity contribution >= 4 is 16.5 Å². The zero-order valence-corrected chi connectivity index (χ0v) is 13.4. The summed E-state index contributed by atoms with van der Waals surface area (Å²) in [5.41, 5.74) is 1.18. The molecule has 1 aromatic heterocycles. The molecule has 0 saturated carbocycles. The van der Waals surface area contributed by atoms with Crippen LogP contribution in [-0.4, -0.2) is 49.7 Å². The quantitative estimate of drug-likeness (QED) is 0.894. The second-order valence-corrected chi connectivity index (χ2v) is 6.78. The summed E-state index contributed by atoms with van der Waals surface area (Å²) in [6.07, 6.45) is 0. The van der Waals surface area contributed by atoms with E-state index in [1.54, 1.807) is 0 Å². The molecule has 0 atom stereocenters. The van der Waals surface area contributed by atoms with E-state index in [1.807, 2.05) is 18.4 Å². The molecule has 0 unspecified atom stereocenters. The standard InChI is InChI=1S/C14H26N4S/c1-11(2)10-17-5-7-18(8-6-17)14-16-12(3)13(19-14)9-15-4/h11,15H,5-10H2,1-4H3. The van der Waals surface area contributed by atoms with Gasteiger partial charge in [0.15, 0.2) is 5.13 Å².